The van der Waals surface area contributed by atoms with Gasteiger partial charge in [0.1, 0.15) is 5.82 Å². The molecule has 2 atom stereocenters. The summed E-state index contributed by atoms with van der Waals surface area (Å²) >= 11 is 0. The van der Waals surface area contributed by atoms with Gasteiger partial charge in [-0.2, -0.15) is 4.31 Å². The maximum atomic E-state index is 13.7. The van der Waals surface area contributed by atoms with E-state index in [2.05, 4.69) is 4.90 Å². The van der Waals surface area contributed by atoms with Gasteiger partial charge in [-0.05, 0) is 51.0 Å². The number of benzene rings is 1. The zero-order valence-electron chi connectivity index (χ0n) is 15.0. The zero-order valence-corrected chi connectivity index (χ0v) is 15.9. The number of aryl methyl sites for hydroxylation is 2. The van der Waals surface area contributed by atoms with Crippen LogP contribution in [0.15, 0.2) is 17.0 Å². The highest BCUT2D eigenvalue weighted by molar-refractivity contribution is 7.89. The Morgan fingerprint density at radius 3 is 2.21 bits per heavy atom. The van der Waals surface area contributed by atoms with Gasteiger partial charge in [-0.15, -0.1) is 0 Å². The summed E-state index contributed by atoms with van der Waals surface area (Å²) in [4.78, 5) is 2.36. The number of hydrogen-bond donors (Lipinski definition) is 0. The van der Waals surface area contributed by atoms with Crippen molar-refractivity contribution in [3.63, 3.8) is 0 Å². The summed E-state index contributed by atoms with van der Waals surface area (Å²) in [6.45, 7) is 9.83. The van der Waals surface area contributed by atoms with E-state index in [1.54, 1.807) is 20.9 Å². The third-order valence-corrected chi connectivity index (χ3v) is 6.18. The Labute approximate surface area is 144 Å². The van der Waals surface area contributed by atoms with Crippen LogP contribution >= 0.6 is 0 Å². The highest BCUT2D eigenvalue weighted by atomic mass is 32.2. The van der Waals surface area contributed by atoms with Gasteiger partial charge in [-0.3, -0.25) is 4.90 Å². The van der Waals surface area contributed by atoms with Crippen molar-refractivity contribution in [2.45, 2.75) is 44.8 Å². The topological polar surface area (TPSA) is 49.9 Å². The molecule has 1 saturated heterocycles. The van der Waals surface area contributed by atoms with Crippen molar-refractivity contribution in [2.75, 3.05) is 33.2 Å². The molecule has 1 aliphatic rings. The number of rotatable bonds is 5. The summed E-state index contributed by atoms with van der Waals surface area (Å²) in [5.74, 6) is -0.354. The Balaban J connectivity index is 2.07. The minimum atomic E-state index is -3.62. The Kier molecular flexibility index (Phi) is 6.01. The van der Waals surface area contributed by atoms with Crippen molar-refractivity contribution in [1.29, 1.82) is 0 Å². The average Bonchev–Trinajstić information content (AvgIpc) is 2.48. The van der Waals surface area contributed by atoms with Gasteiger partial charge in [-0.25, -0.2) is 12.8 Å². The van der Waals surface area contributed by atoms with Crippen LogP contribution in [0, 0.1) is 19.7 Å². The van der Waals surface area contributed by atoms with Crippen molar-refractivity contribution < 1.29 is 17.5 Å². The smallest absolute Gasteiger partial charge is 0.242 e. The third-order valence-electron chi connectivity index (χ3n) is 4.34. The van der Waals surface area contributed by atoms with E-state index in [1.807, 2.05) is 13.8 Å². The fraction of sp³-hybridized carbons (Fsp3) is 0.647. The van der Waals surface area contributed by atoms with Crippen LogP contribution in [0.2, 0.25) is 0 Å². The summed E-state index contributed by atoms with van der Waals surface area (Å²) in [6, 6.07) is 2.79. The minimum Gasteiger partial charge on any atom is -0.373 e. The maximum Gasteiger partial charge on any atom is 0.242 e. The Hall–Kier alpha value is -1.02. The number of morpholine rings is 1. The molecule has 0 radical (unpaired) electrons. The number of nitrogens with zero attached hydrogens (tertiary/aromatic N) is 2. The molecule has 136 valence electrons. The Morgan fingerprint density at radius 1 is 1.21 bits per heavy atom. The van der Waals surface area contributed by atoms with E-state index in [1.165, 1.54) is 16.4 Å². The molecule has 1 heterocycles. The monoisotopic (exact) mass is 358 g/mol. The molecule has 0 aliphatic carbocycles. The molecule has 7 heteroatoms. The third kappa shape index (κ3) is 4.33. The van der Waals surface area contributed by atoms with Crippen LogP contribution in [0.25, 0.3) is 0 Å². The molecule has 0 saturated carbocycles. The first-order valence-electron chi connectivity index (χ1n) is 8.22. The number of ether oxygens (including phenoxy) is 1. The van der Waals surface area contributed by atoms with E-state index in [4.69, 9.17) is 4.74 Å². The van der Waals surface area contributed by atoms with Crippen molar-refractivity contribution in [2.24, 2.45) is 0 Å². The van der Waals surface area contributed by atoms with Crippen molar-refractivity contribution in [3.05, 3.63) is 29.1 Å². The van der Waals surface area contributed by atoms with Gasteiger partial charge < -0.3 is 4.74 Å². The molecule has 1 aromatic carbocycles. The van der Waals surface area contributed by atoms with Crippen LogP contribution in [0.4, 0.5) is 4.39 Å². The SMILES string of the molecule is Cc1cc(S(=O)(=O)N(C)CCN2C[C@@H](C)O[C@@H](C)C2)cc(C)c1F. The number of hydrogen-bond acceptors (Lipinski definition) is 4. The minimum absolute atomic E-state index is 0.144. The molecule has 0 unspecified atom stereocenters. The lowest BCUT2D eigenvalue weighted by Gasteiger charge is -2.35. The van der Waals surface area contributed by atoms with Gasteiger partial charge in [-0.1, -0.05) is 0 Å². The quantitative estimate of drug-likeness (QED) is 0.809. The van der Waals surface area contributed by atoms with E-state index in [9.17, 15) is 12.8 Å². The molecular weight excluding hydrogens is 331 g/mol. The molecular formula is C17H27FN2O3S. The second-order valence-electron chi connectivity index (χ2n) is 6.71. The molecule has 0 bridgehead atoms. The molecule has 1 aromatic rings. The fourth-order valence-electron chi connectivity index (χ4n) is 3.10. The van der Waals surface area contributed by atoms with Crippen LogP contribution in [-0.2, 0) is 14.8 Å². The summed E-state index contributed by atoms with van der Waals surface area (Å²) < 4.78 is 46.2. The highest BCUT2D eigenvalue weighted by Crippen LogP contribution is 2.21. The maximum absolute atomic E-state index is 13.7. The lowest BCUT2D eigenvalue weighted by Crippen LogP contribution is -2.48. The summed E-state index contributed by atoms with van der Waals surface area (Å²) in [7, 11) is -2.05. The highest BCUT2D eigenvalue weighted by Gasteiger charge is 2.25. The molecule has 0 aromatic heterocycles. The van der Waals surface area contributed by atoms with Crippen molar-refractivity contribution in [1.82, 2.24) is 9.21 Å². The lowest BCUT2D eigenvalue weighted by atomic mass is 10.1. The molecule has 24 heavy (non-hydrogen) atoms. The van der Waals surface area contributed by atoms with E-state index < -0.39 is 10.0 Å². The number of likely N-dealkylation sites (N-methyl/N-ethyl adjacent to an activating group) is 1. The first kappa shape index (κ1) is 19.3. The average molecular weight is 358 g/mol. The zero-order chi connectivity index (χ0) is 18.1. The van der Waals surface area contributed by atoms with Gasteiger partial charge in [0.15, 0.2) is 0 Å². The second kappa shape index (κ2) is 7.47. The second-order valence-corrected chi connectivity index (χ2v) is 8.76. The molecule has 0 spiro atoms. The number of halogens is 1. The normalized spacial score (nSPS) is 23.0. The predicted molar refractivity (Wildman–Crippen MR) is 92.1 cm³/mol. The largest absolute Gasteiger partial charge is 0.373 e. The molecule has 1 fully saturated rings. The van der Waals surface area contributed by atoms with Crippen LogP contribution in [0.3, 0.4) is 0 Å². The Morgan fingerprint density at radius 2 is 1.71 bits per heavy atom. The summed E-state index contributed by atoms with van der Waals surface area (Å²) in [5.41, 5.74) is 0.690. The fourth-order valence-corrected chi connectivity index (χ4v) is 4.44. The van der Waals surface area contributed by atoms with Crippen LogP contribution in [-0.4, -0.2) is 63.1 Å². The molecule has 0 amide bonds. The predicted octanol–water partition coefficient (Wildman–Crippen LogP) is 2.17. The van der Waals surface area contributed by atoms with Gasteiger partial charge in [0.05, 0.1) is 17.1 Å². The molecule has 0 N–H and O–H groups in total. The Bertz CT molecular complexity index is 660. The van der Waals surface area contributed by atoms with E-state index in [-0.39, 0.29) is 22.9 Å². The van der Waals surface area contributed by atoms with Crippen LogP contribution < -0.4 is 0 Å². The first-order chi connectivity index (χ1) is 11.1. The van der Waals surface area contributed by atoms with E-state index in [0.717, 1.165) is 13.1 Å². The van der Waals surface area contributed by atoms with Crippen LogP contribution in [0.5, 0.6) is 0 Å². The van der Waals surface area contributed by atoms with Gasteiger partial charge in [0, 0.05) is 33.2 Å². The first-order valence-corrected chi connectivity index (χ1v) is 9.66. The summed E-state index contributed by atoms with van der Waals surface area (Å²) in [5, 5.41) is 0. The number of sulfonamides is 1. The summed E-state index contributed by atoms with van der Waals surface area (Å²) in [6.07, 6.45) is 0.302. The standard InChI is InChI=1S/C17H27FN2O3S/c1-12-8-16(9-13(2)17(12)18)24(21,22)19(5)6-7-20-10-14(3)23-15(4)11-20/h8-9,14-15H,6-7,10-11H2,1-5H3/t14-,15+. The molecule has 5 nitrogen and oxygen atoms in total. The van der Waals surface area contributed by atoms with Gasteiger partial charge in [0.2, 0.25) is 10.0 Å². The lowest BCUT2D eigenvalue weighted by molar-refractivity contribution is -0.0681. The van der Waals surface area contributed by atoms with Crippen molar-refractivity contribution in [3.8, 4) is 0 Å². The van der Waals surface area contributed by atoms with Gasteiger partial charge in [0.25, 0.3) is 0 Å². The molecule has 2 rings (SSSR count). The molecule has 1 aliphatic heterocycles. The van der Waals surface area contributed by atoms with Crippen LogP contribution in [0.1, 0.15) is 25.0 Å². The van der Waals surface area contributed by atoms with E-state index in [0.29, 0.717) is 24.2 Å². The van der Waals surface area contributed by atoms with E-state index >= 15 is 0 Å². The van der Waals surface area contributed by atoms with Gasteiger partial charge >= 0.3 is 0 Å². The van der Waals surface area contributed by atoms with Crippen molar-refractivity contribution >= 4 is 10.0 Å².